The third-order valence-corrected chi connectivity index (χ3v) is 6.87. The van der Waals surface area contributed by atoms with Crippen molar-refractivity contribution >= 4 is 28.0 Å². The minimum absolute atomic E-state index is 0. The average Bonchev–Trinajstić information content (AvgIpc) is 2.89. The number of halogens is 14. The van der Waals surface area contributed by atoms with Gasteiger partial charge < -0.3 is 33.3 Å². The minimum Gasteiger partial charge on any atom is -0.747 e. The number of aliphatic hydroxyl groups is 1. The molecule has 0 rings (SSSR count). The van der Waals surface area contributed by atoms with Gasteiger partial charge in [-0.15, -0.1) is 0 Å². The Labute approximate surface area is 279 Å². The number of carbonyl (C=O) groups is 3. The van der Waals surface area contributed by atoms with Gasteiger partial charge in [-0.1, -0.05) is 0 Å². The van der Waals surface area contributed by atoms with Crippen LogP contribution in [0.4, 0.5) is 61.5 Å². The van der Waals surface area contributed by atoms with Gasteiger partial charge in [-0.2, -0.15) is 61.5 Å². The Kier molecular flexibility index (Phi) is 17.9. The fourth-order valence-corrected chi connectivity index (χ4v) is 4.11. The summed E-state index contributed by atoms with van der Waals surface area (Å²) in [6.45, 7) is -6.82. The number of ether oxygens (including phenoxy) is 5. The fourth-order valence-electron chi connectivity index (χ4n) is 3.21. The largest absolute Gasteiger partial charge is 0.747 e. The van der Waals surface area contributed by atoms with Crippen molar-refractivity contribution in [1.29, 1.82) is 0 Å². The molecule has 0 aromatic carbocycles. The minimum atomic E-state index is -6.75. The van der Waals surface area contributed by atoms with E-state index in [0.717, 1.165) is 6.92 Å². The zero-order valence-corrected chi connectivity index (χ0v) is 27.1. The molecule has 51 heavy (non-hydrogen) atoms. The maximum absolute atomic E-state index is 13.4. The predicted octanol–water partition coefficient (Wildman–Crippen LogP) is 3.84. The fraction of sp³-hybridized carbons (Fsp3) is 0.833. The first-order valence-corrected chi connectivity index (χ1v) is 14.6. The molecule has 0 fully saturated rings. The predicted molar refractivity (Wildman–Crippen MR) is 135 cm³/mol. The lowest BCUT2D eigenvalue weighted by atomic mass is 10.0. The van der Waals surface area contributed by atoms with E-state index < -0.39 is 133 Å². The molecule has 0 heterocycles. The molecule has 5 atom stereocenters. The van der Waals surface area contributed by atoms with Gasteiger partial charge in [-0.05, 0) is 20.8 Å². The SMILES string of the molecule is CC(CO)OC(=O)CC(C(=O)OC(C)COCC(F)(F)C(F)(F)C(F)(F)F)C(C(=O)OC(C)COCC(F)(F)C(F)(F)C(F)(F)F)S(=O)(=O)[O-].[CH3+]. The summed E-state index contributed by atoms with van der Waals surface area (Å²) in [6, 6.07) is 0. The van der Waals surface area contributed by atoms with E-state index in [2.05, 4.69) is 23.7 Å². The normalized spacial score (nSPS) is 16.6. The smallest absolute Gasteiger partial charge is 0.459 e. The van der Waals surface area contributed by atoms with Crippen molar-refractivity contribution in [3.63, 3.8) is 0 Å². The van der Waals surface area contributed by atoms with Crippen molar-refractivity contribution in [2.24, 2.45) is 5.92 Å². The molecule has 0 aromatic rings. The van der Waals surface area contributed by atoms with Crippen LogP contribution in [0.2, 0.25) is 0 Å². The molecule has 0 aromatic heterocycles. The molecule has 0 amide bonds. The van der Waals surface area contributed by atoms with Crippen molar-refractivity contribution in [2.45, 2.75) is 86.8 Å². The number of aliphatic hydroxyl groups excluding tert-OH is 1. The zero-order valence-electron chi connectivity index (χ0n) is 26.3. The number of rotatable bonds is 20. The van der Waals surface area contributed by atoms with E-state index in [4.69, 9.17) is 5.11 Å². The number of hydrogen-bond donors (Lipinski definition) is 1. The summed E-state index contributed by atoms with van der Waals surface area (Å²) in [7, 11) is -6.20. The van der Waals surface area contributed by atoms with Crippen LogP contribution >= 0.6 is 0 Å². The molecule has 5 unspecified atom stereocenters. The van der Waals surface area contributed by atoms with Crippen molar-refractivity contribution in [2.75, 3.05) is 33.0 Å². The van der Waals surface area contributed by atoms with Gasteiger partial charge in [0.1, 0.15) is 41.6 Å². The van der Waals surface area contributed by atoms with E-state index in [-0.39, 0.29) is 7.43 Å². The third kappa shape index (κ3) is 13.9. The van der Waals surface area contributed by atoms with Gasteiger partial charge in [0.05, 0.1) is 32.2 Å². The Morgan fingerprint density at radius 3 is 1.31 bits per heavy atom. The van der Waals surface area contributed by atoms with Crippen LogP contribution in [0.3, 0.4) is 0 Å². The van der Waals surface area contributed by atoms with Gasteiger partial charge in [-0.25, -0.2) is 8.42 Å². The molecule has 0 radical (unpaired) electrons. The highest BCUT2D eigenvalue weighted by molar-refractivity contribution is 7.87. The van der Waals surface area contributed by atoms with Crippen LogP contribution < -0.4 is 0 Å². The topological polar surface area (TPSA) is 175 Å². The number of alkyl halides is 14. The van der Waals surface area contributed by atoms with Gasteiger partial charge in [0.2, 0.25) is 0 Å². The van der Waals surface area contributed by atoms with Crippen LogP contribution in [0.5, 0.6) is 0 Å². The first kappa shape index (κ1) is 50.2. The first-order chi connectivity index (χ1) is 22.2. The second kappa shape index (κ2) is 18.2. The van der Waals surface area contributed by atoms with Crippen LogP contribution in [-0.4, -0.2) is 129 Å². The maximum atomic E-state index is 13.4. The van der Waals surface area contributed by atoms with E-state index in [1.165, 1.54) is 0 Å². The summed E-state index contributed by atoms with van der Waals surface area (Å²) in [5, 5.41) is 5.61. The molecule has 0 bridgehead atoms. The van der Waals surface area contributed by atoms with E-state index in [0.29, 0.717) is 13.8 Å². The number of hydrogen-bond acceptors (Lipinski definition) is 12. The molecule has 1 N–H and O–H groups in total. The first-order valence-electron chi connectivity index (χ1n) is 13.1. The van der Waals surface area contributed by atoms with Crippen LogP contribution in [-0.2, 0) is 48.2 Å². The van der Waals surface area contributed by atoms with Crippen molar-refractivity contribution < 1.29 is 118 Å². The van der Waals surface area contributed by atoms with Gasteiger partial charge >= 0.3 is 54.0 Å². The molecular weight excluding hydrogens is 778 g/mol. The quantitative estimate of drug-likeness (QED) is 0.0620. The third-order valence-electron chi connectivity index (χ3n) is 5.73. The van der Waals surface area contributed by atoms with Crippen LogP contribution in [0.25, 0.3) is 0 Å². The second-order valence-corrected chi connectivity index (χ2v) is 11.8. The summed E-state index contributed by atoms with van der Waals surface area (Å²) >= 11 is 0. The van der Waals surface area contributed by atoms with E-state index in [1.807, 2.05) is 0 Å². The maximum Gasteiger partial charge on any atom is 0.459 e. The summed E-state index contributed by atoms with van der Waals surface area (Å²) in [5.74, 6) is -33.9. The lowest BCUT2D eigenvalue weighted by molar-refractivity contribution is -0.361. The van der Waals surface area contributed by atoms with E-state index in [1.54, 1.807) is 0 Å². The molecule has 0 aliphatic rings. The molecule has 302 valence electrons. The van der Waals surface area contributed by atoms with E-state index in [9.17, 15) is 88.8 Å². The van der Waals surface area contributed by atoms with Gasteiger partial charge in [0.25, 0.3) is 0 Å². The molecule has 0 aliphatic carbocycles. The standard InChI is InChI=1S/C23H28F14O12S.CH3/c1-10(5-38)47-14(39)4-13(16(40)48-11(2)6-45-8-18(24,25)20(28,29)22(32,33)34)15(50(42,43)44)17(41)49-12(3)7-46-9-19(26,27)21(30,31)23(35,36)37;/h10-13,15,38H,4-9H2,1-3H3,(H,42,43,44);1H3/q;+1/p-1. The van der Waals surface area contributed by atoms with Crippen LogP contribution in [0.15, 0.2) is 0 Å². The Morgan fingerprint density at radius 2 is 1.00 bits per heavy atom. The lowest BCUT2D eigenvalue weighted by Gasteiger charge is -2.29. The molecule has 0 saturated heterocycles. The highest BCUT2D eigenvalue weighted by atomic mass is 32.2. The summed E-state index contributed by atoms with van der Waals surface area (Å²) < 4.78 is 237. The number of carbonyl (C=O) groups excluding carboxylic acids is 3. The Bertz CT molecular complexity index is 1260. The summed E-state index contributed by atoms with van der Waals surface area (Å²) in [6.07, 6.45) is -20.6. The second-order valence-electron chi connectivity index (χ2n) is 10.3. The highest BCUT2D eigenvalue weighted by Crippen LogP contribution is 2.47. The Hall–Kier alpha value is -2.91. The monoisotopic (exact) mass is 808 g/mol. The van der Waals surface area contributed by atoms with E-state index >= 15 is 0 Å². The van der Waals surface area contributed by atoms with Crippen molar-refractivity contribution in [1.82, 2.24) is 0 Å². The summed E-state index contributed by atoms with van der Waals surface area (Å²) in [4.78, 5) is 37.7. The molecular formula is C24H30F14O12S. The molecule has 12 nitrogen and oxygen atoms in total. The summed E-state index contributed by atoms with van der Waals surface area (Å²) in [5.41, 5.74) is 0. The Balaban J connectivity index is 0. The molecule has 27 heteroatoms. The Morgan fingerprint density at radius 1 is 0.647 bits per heavy atom. The van der Waals surface area contributed by atoms with Crippen molar-refractivity contribution in [3.05, 3.63) is 7.43 Å². The average molecular weight is 809 g/mol. The van der Waals surface area contributed by atoms with Crippen LogP contribution in [0.1, 0.15) is 27.2 Å². The lowest BCUT2D eigenvalue weighted by Crippen LogP contribution is -2.54. The van der Waals surface area contributed by atoms with Gasteiger partial charge in [0, 0.05) is 7.43 Å². The highest BCUT2D eigenvalue weighted by Gasteiger charge is 2.74. The molecule has 0 aliphatic heterocycles. The van der Waals surface area contributed by atoms with Crippen LogP contribution in [0, 0.1) is 13.3 Å². The van der Waals surface area contributed by atoms with Gasteiger partial charge in [-0.3, -0.25) is 14.4 Å². The zero-order chi connectivity index (χ0) is 39.9. The van der Waals surface area contributed by atoms with Crippen molar-refractivity contribution in [3.8, 4) is 0 Å². The molecule has 0 spiro atoms. The van der Waals surface area contributed by atoms with Gasteiger partial charge in [0.15, 0.2) is 5.25 Å². The number of esters is 3. The molecule has 0 saturated carbocycles.